The van der Waals surface area contributed by atoms with Gasteiger partial charge in [-0.25, -0.2) is 4.98 Å². The quantitative estimate of drug-likeness (QED) is 0.165. The predicted molar refractivity (Wildman–Crippen MR) is 170 cm³/mol. The van der Waals surface area contributed by atoms with E-state index in [-0.39, 0.29) is 0 Å². The largest absolute Gasteiger partial charge is 0.248 e. The monoisotopic (exact) mass is 517 g/mol. The Kier molecular flexibility index (Phi) is 8.10. The summed E-state index contributed by atoms with van der Waals surface area (Å²) in [6, 6.07) is 50.1. The third-order valence-electron chi connectivity index (χ3n) is 7.74. The number of benzene rings is 5. The van der Waals surface area contributed by atoms with Gasteiger partial charge in [-0.1, -0.05) is 128 Å². The second-order valence-corrected chi connectivity index (χ2v) is 10.7. The number of rotatable bonds is 10. The van der Waals surface area contributed by atoms with Crippen LogP contribution in [0.4, 0.5) is 0 Å². The van der Waals surface area contributed by atoms with Crippen LogP contribution >= 0.6 is 0 Å². The number of pyridine rings is 1. The maximum Gasteiger partial charge on any atom is 0.0709 e. The van der Waals surface area contributed by atoms with Gasteiger partial charge in [0.05, 0.1) is 11.2 Å². The van der Waals surface area contributed by atoms with Crippen molar-refractivity contribution in [3.63, 3.8) is 0 Å². The predicted octanol–water partition coefficient (Wildman–Crippen LogP) is 10.6. The van der Waals surface area contributed by atoms with Crippen molar-refractivity contribution in [1.82, 2.24) is 4.98 Å². The van der Waals surface area contributed by atoms with Crippen molar-refractivity contribution < 1.29 is 0 Å². The lowest BCUT2D eigenvalue weighted by molar-refractivity contribution is 0.640. The van der Waals surface area contributed by atoms with Gasteiger partial charge < -0.3 is 0 Å². The minimum Gasteiger partial charge on any atom is -0.248 e. The average Bonchev–Trinajstić information content (AvgIpc) is 3.03. The first-order chi connectivity index (χ1) is 19.8. The lowest BCUT2D eigenvalue weighted by Gasteiger charge is -2.09. The van der Waals surface area contributed by atoms with Crippen molar-refractivity contribution in [3.8, 4) is 33.5 Å². The Balaban J connectivity index is 1.11. The van der Waals surface area contributed by atoms with E-state index in [0.29, 0.717) is 0 Å². The molecule has 0 fully saturated rings. The van der Waals surface area contributed by atoms with Crippen LogP contribution in [0.15, 0.2) is 140 Å². The second-order valence-electron chi connectivity index (χ2n) is 10.7. The number of fused-ring (bicyclic) bond motifs is 1. The second kappa shape index (κ2) is 12.6. The first kappa shape index (κ1) is 25.8. The molecule has 0 aliphatic rings. The molecule has 1 nitrogen and oxygen atoms in total. The molecule has 6 rings (SSSR count). The molecule has 0 unspecified atom stereocenters. The molecule has 0 amide bonds. The highest BCUT2D eigenvalue weighted by atomic mass is 14.7. The Morgan fingerprint density at radius 1 is 0.375 bits per heavy atom. The Morgan fingerprint density at radius 2 is 0.975 bits per heavy atom. The summed E-state index contributed by atoms with van der Waals surface area (Å²) >= 11 is 0. The molecule has 0 radical (unpaired) electrons. The molecule has 0 bridgehead atoms. The minimum absolute atomic E-state index is 1.01. The van der Waals surface area contributed by atoms with Crippen LogP contribution in [0.5, 0.6) is 0 Å². The van der Waals surface area contributed by atoms with Crippen LogP contribution < -0.4 is 0 Å². The van der Waals surface area contributed by atoms with Crippen LogP contribution in [-0.4, -0.2) is 4.98 Å². The molecule has 40 heavy (non-hydrogen) atoms. The van der Waals surface area contributed by atoms with Gasteiger partial charge in [-0.05, 0) is 83.3 Å². The topological polar surface area (TPSA) is 12.9 Å². The Morgan fingerprint density at radius 3 is 1.77 bits per heavy atom. The lowest BCUT2D eigenvalue weighted by Crippen LogP contribution is -1.90. The summed E-state index contributed by atoms with van der Waals surface area (Å²) in [5.41, 5.74) is 11.0. The zero-order valence-electron chi connectivity index (χ0n) is 23.0. The highest BCUT2D eigenvalue weighted by Gasteiger charge is 2.07. The molecule has 0 saturated heterocycles. The molecule has 1 aromatic heterocycles. The fourth-order valence-electron chi connectivity index (χ4n) is 5.52. The Bertz CT molecular complexity index is 1690. The molecule has 0 spiro atoms. The van der Waals surface area contributed by atoms with Crippen LogP contribution in [0.25, 0.3) is 44.4 Å². The van der Waals surface area contributed by atoms with Gasteiger partial charge in [-0.15, -0.1) is 0 Å². The first-order valence-electron chi connectivity index (χ1n) is 14.5. The zero-order valence-corrected chi connectivity index (χ0v) is 23.0. The summed E-state index contributed by atoms with van der Waals surface area (Å²) in [7, 11) is 0. The molecule has 0 atom stereocenters. The number of hydrogen-bond acceptors (Lipinski definition) is 1. The van der Waals surface area contributed by atoms with Gasteiger partial charge in [0, 0.05) is 10.9 Å². The van der Waals surface area contributed by atoms with E-state index in [0.717, 1.165) is 28.6 Å². The number of nitrogens with zero attached hydrogens (tertiary/aromatic N) is 1. The minimum atomic E-state index is 1.01. The molecular formula is C39H35N. The molecule has 5 aromatic carbocycles. The van der Waals surface area contributed by atoms with Crippen LogP contribution in [0.2, 0.25) is 0 Å². The molecule has 6 aromatic rings. The first-order valence-corrected chi connectivity index (χ1v) is 14.5. The molecule has 1 heteroatoms. The lowest BCUT2D eigenvalue weighted by atomic mass is 9.97. The van der Waals surface area contributed by atoms with Crippen LogP contribution in [0, 0.1) is 0 Å². The van der Waals surface area contributed by atoms with Crippen molar-refractivity contribution in [2.24, 2.45) is 0 Å². The number of aromatic nitrogens is 1. The van der Waals surface area contributed by atoms with Gasteiger partial charge in [-0.2, -0.15) is 0 Å². The van der Waals surface area contributed by atoms with Gasteiger partial charge in [-0.3, -0.25) is 0 Å². The third kappa shape index (κ3) is 6.38. The highest BCUT2D eigenvalue weighted by molar-refractivity contribution is 5.86. The summed E-state index contributed by atoms with van der Waals surface area (Å²) in [6.07, 6.45) is 7.42. The van der Waals surface area contributed by atoms with E-state index in [1.807, 2.05) is 0 Å². The average molecular weight is 518 g/mol. The van der Waals surface area contributed by atoms with Crippen LogP contribution in [-0.2, 0) is 12.8 Å². The number of aryl methyl sites for hydroxylation is 2. The molecule has 196 valence electrons. The Labute approximate surface area is 238 Å². The standard InChI is InChI=1S/C39H35N/c1(5-13-30-14-7-3-8-15-30)2-6-16-31-17-11-20-33(27-31)34-21-12-22-36(28-34)38-26-24-37-29-35(23-25-39(37)40-38)32-18-9-4-10-19-32/h3-4,7-12,14-15,17-29H,1-2,5-6,13,16H2. The summed E-state index contributed by atoms with van der Waals surface area (Å²) in [5.74, 6) is 0. The van der Waals surface area contributed by atoms with Gasteiger partial charge in [0.1, 0.15) is 0 Å². The van der Waals surface area contributed by atoms with Gasteiger partial charge >= 0.3 is 0 Å². The van der Waals surface area contributed by atoms with Crippen molar-refractivity contribution in [1.29, 1.82) is 0 Å². The van der Waals surface area contributed by atoms with Gasteiger partial charge in [0.2, 0.25) is 0 Å². The van der Waals surface area contributed by atoms with Gasteiger partial charge in [0.15, 0.2) is 0 Å². The molecular weight excluding hydrogens is 482 g/mol. The maximum absolute atomic E-state index is 5.02. The zero-order chi connectivity index (χ0) is 27.0. The van der Waals surface area contributed by atoms with E-state index >= 15 is 0 Å². The van der Waals surface area contributed by atoms with Crippen LogP contribution in [0.1, 0.15) is 36.8 Å². The van der Waals surface area contributed by atoms with Gasteiger partial charge in [0.25, 0.3) is 0 Å². The normalized spacial score (nSPS) is 11.1. The number of hydrogen-bond donors (Lipinski definition) is 0. The van der Waals surface area contributed by atoms with E-state index < -0.39 is 0 Å². The summed E-state index contributed by atoms with van der Waals surface area (Å²) in [5, 5.41) is 1.16. The number of unbranched alkanes of at least 4 members (excludes halogenated alkanes) is 3. The summed E-state index contributed by atoms with van der Waals surface area (Å²) < 4.78 is 0. The molecule has 0 aliphatic heterocycles. The third-order valence-corrected chi connectivity index (χ3v) is 7.74. The molecule has 0 N–H and O–H groups in total. The van der Waals surface area contributed by atoms with E-state index in [9.17, 15) is 0 Å². The fraction of sp³-hybridized carbons (Fsp3) is 0.154. The molecule has 1 heterocycles. The maximum atomic E-state index is 5.02. The molecule has 0 aliphatic carbocycles. The smallest absolute Gasteiger partial charge is 0.0709 e. The summed E-state index contributed by atoms with van der Waals surface area (Å²) in [4.78, 5) is 5.02. The van der Waals surface area contributed by atoms with E-state index in [1.54, 1.807) is 0 Å². The van der Waals surface area contributed by atoms with Crippen molar-refractivity contribution in [2.45, 2.75) is 38.5 Å². The van der Waals surface area contributed by atoms with Crippen molar-refractivity contribution in [2.75, 3.05) is 0 Å². The Hall–Kier alpha value is -4.49. The molecule has 0 saturated carbocycles. The summed E-state index contributed by atoms with van der Waals surface area (Å²) in [6.45, 7) is 0. The van der Waals surface area contributed by atoms with E-state index in [1.165, 1.54) is 65.5 Å². The van der Waals surface area contributed by atoms with Crippen molar-refractivity contribution in [3.05, 3.63) is 151 Å². The van der Waals surface area contributed by atoms with E-state index in [4.69, 9.17) is 4.98 Å². The van der Waals surface area contributed by atoms with Crippen molar-refractivity contribution >= 4 is 10.9 Å². The van der Waals surface area contributed by atoms with E-state index in [2.05, 4.69) is 140 Å². The SMILES string of the molecule is c1ccc(CCCCCCc2cccc(-c3cccc(-c4ccc5cc(-c6ccccc6)ccc5n4)c3)c2)cc1. The van der Waals surface area contributed by atoms with Crippen LogP contribution in [0.3, 0.4) is 0 Å². The highest BCUT2D eigenvalue weighted by Crippen LogP contribution is 2.29. The fourth-order valence-corrected chi connectivity index (χ4v) is 5.52.